The quantitative estimate of drug-likeness (QED) is 0.889. The average molecular weight is 269 g/mol. The normalized spacial score (nSPS) is 12.2. The van der Waals surface area contributed by atoms with Crippen LogP contribution < -0.4 is 10.1 Å². The lowest BCUT2D eigenvalue weighted by Gasteiger charge is -2.22. The molecule has 0 bridgehead atoms. The summed E-state index contributed by atoms with van der Waals surface area (Å²) in [6.07, 6.45) is 1.05. The van der Waals surface area contributed by atoms with Crippen LogP contribution in [0.15, 0.2) is 42.5 Å². The zero-order valence-corrected chi connectivity index (χ0v) is 12.7. The molecule has 0 fully saturated rings. The predicted octanol–water partition coefficient (Wildman–Crippen LogP) is 3.87. The standard InChI is InChI=1S/C18H23NO/c1-5-14-8-6-7-9-17(14)18(19-3)16-11-10-15(20-4)12-13(16)2/h6-12,18-19H,5H2,1-4H3. The average Bonchev–Trinajstić information content (AvgIpc) is 2.50. The molecule has 2 heteroatoms. The largest absolute Gasteiger partial charge is 0.497 e. The number of aryl methyl sites for hydroxylation is 2. The van der Waals surface area contributed by atoms with E-state index in [1.165, 1.54) is 22.3 Å². The molecule has 2 aromatic rings. The zero-order valence-electron chi connectivity index (χ0n) is 12.7. The lowest BCUT2D eigenvalue weighted by molar-refractivity contribution is 0.414. The molecule has 1 atom stereocenters. The molecule has 0 amide bonds. The maximum absolute atomic E-state index is 5.29. The van der Waals surface area contributed by atoms with Crippen molar-refractivity contribution in [1.82, 2.24) is 5.32 Å². The van der Waals surface area contributed by atoms with Gasteiger partial charge in [0.2, 0.25) is 0 Å². The van der Waals surface area contributed by atoms with Gasteiger partial charge in [-0.25, -0.2) is 0 Å². The minimum Gasteiger partial charge on any atom is -0.497 e. The number of nitrogens with one attached hydrogen (secondary N) is 1. The van der Waals surface area contributed by atoms with Gasteiger partial charge in [-0.15, -0.1) is 0 Å². The van der Waals surface area contributed by atoms with Crippen LogP contribution in [0.2, 0.25) is 0 Å². The molecule has 0 spiro atoms. The monoisotopic (exact) mass is 269 g/mol. The molecule has 2 rings (SSSR count). The highest BCUT2D eigenvalue weighted by Gasteiger charge is 2.16. The topological polar surface area (TPSA) is 21.3 Å². The predicted molar refractivity (Wildman–Crippen MR) is 84.5 cm³/mol. The summed E-state index contributed by atoms with van der Waals surface area (Å²) in [6, 6.07) is 15.1. The van der Waals surface area contributed by atoms with Crippen LogP contribution in [0.25, 0.3) is 0 Å². The zero-order chi connectivity index (χ0) is 14.5. The first-order valence-electron chi connectivity index (χ1n) is 7.10. The molecule has 0 aromatic heterocycles. The van der Waals surface area contributed by atoms with Crippen molar-refractivity contribution in [1.29, 1.82) is 0 Å². The van der Waals surface area contributed by atoms with E-state index >= 15 is 0 Å². The van der Waals surface area contributed by atoms with Crippen LogP contribution in [0.5, 0.6) is 5.75 Å². The third-order valence-electron chi connectivity index (χ3n) is 3.82. The fourth-order valence-electron chi connectivity index (χ4n) is 2.72. The summed E-state index contributed by atoms with van der Waals surface area (Å²) in [7, 11) is 3.72. The second kappa shape index (κ2) is 6.58. The summed E-state index contributed by atoms with van der Waals surface area (Å²) in [5.41, 5.74) is 5.29. The van der Waals surface area contributed by atoms with Crippen molar-refractivity contribution in [2.24, 2.45) is 0 Å². The molecule has 0 heterocycles. The van der Waals surface area contributed by atoms with Crippen LogP contribution >= 0.6 is 0 Å². The SMILES string of the molecule is CCc1ccccc1C(NC)c1ccc(OC)cc1C. The van der Waals surface area contributed by atoms with Crippen molar-refractivity contribution in [3.8, 4) is 5.75 Å². The first-order chi connectivity index (χ1) is 9.71. The van der Waals surface area contributed by atoms with Gasteiger partial charge in [0.05, 0.1) is 13.2 Å². The Kier molecular flexibility index (Phi) is 4.80. The number of ether oxygens (including phenoxy) is 1. The molecule has 0 aliphatic carbocycles. The number of methoxy groups -OCH3 is 1. The Balaban J connectivity index is 2.47. The van der Waals surface area contributed by atoms with E-state index in [-0.39, 0.29) is 6.04 Å². The molecule has 20 heavy (non-hydrogen) atoms. The molecule has 106 valence electrons. The van der Waals surface area contributed by atoms with Crippen LogP contribution in [-0.4, -0.2) is 14.2 Å². The summed E-state index contributed by atoms with van der Waals surface area (Å²) in [4.78, 5) is 0. The minimum absolute atomic E-state index is 0.219. The summed E-state index contributed by atoms with van der Waals surface area (Å²) in [5.74, 6) is 0.907. The lowest BCUT2D eigenvalue weighted by atomic mass is 9.91. The molecule has 1 N–H and O–H groups in total. The lowest BCUT2D eigenvalue weighted by Crippen LogP contribution is -2.20. The van der Waals surface area contributed by atoms with Gasteiger partial charge in [-0.05, 0) is 54.8 Å². The van der Waals surface area contributed by atoms with Gasteiger partial charge in [0.25, 0.3) is 0 Å². The van der Waals surface area contributed by atoms with Gasteiger partial charge in [-0.2, -0.15) is 0 Å². The summed E-state index contributed by atoms with van der Waals surface area (Å²) >= 11 is 0. The van der Waals surface area contributed by atoms with Gasteiger partial charge in [-0.1, -0.05) is 37.3 Å². The van der Waals surface area contributed by atoms with Crippen molar-refractivity contribution in [2.45, 2.75) is 26.3 Å². The number of benzene rings is 2. The maximum Gasteiger partial charge on any atom is 0.119 e. The fraction of sp³-hybridized carbons (Fsp3) is 0.333. The molecular weight excluding hydrogens is 246 g/mol. The second-order valence-electron chi connectivity index (χ2n) is 5.00. The van der Waals surface area contributed by atoms with E-state index in [0.29, 0.717) is 0 Å². The van der Waals surface area contributed by atoms with Crippen LogP contribution in [-0.2, 0) is 6.42 Å². The number of hydrogen-bond acceptors (Lipinski definition) is 2. The Morgan fingerprint density at radius 2 is 1.85 bits per heavy atom. The number of hydrogen-bond donors (Lipinski definition) is 1. The Hall–Kier alpha value is -1.80. The van der Waals surface area contributed by atoms with Gasteiger partial charge in [0.1, 0.15) is 5.75 Å². The molecule has 0 radical (unpaired) electrons. The van der Waals surface area contributed by atoms with Crippen LogP contribution in [0.4, 0.5) is 0 Å². The molecule has 1 unspecified atom stereocenters. The highest BCUT2D eigenvalue weighted by atomic mass is 16.5. The summed E-state index contributed by atoms with van der Waals surface area (Å²) < 4.78 is 5.29. The van der Waals surface area contributed by atoms with E-state index in [2.05, 4.69) is 55.6 Å². The fourth-order valence-corrected chi connectivity index (χ4v) is 2.72. The molecule has 0 saturated heterocycles. The Labute approximate surface area is 121 Å². The van der Waals surface area contributed by atoms with E-state index in [9.17, 15) is 0 Å². The second-order valence-corrected chi connectivity index (χ2v) is 5.00. The first kappa shape index (κ1) is 14.6. The molecule has 2 nitrogen and oxygen atoms in total. The van der Waals surface area contributed by atoms with Gasteiger partial charge >= 0.3 is 0 Å². The van der Waals surface area contributed by atoms with Crippen molar-refractivity contribution in [2.75, 3.05) is 14.2 Å². The molecule has 2 aromatic carbocycles. The van der Waals surface area contributed by atoms with E-state index in [1.807, 2.05) is 13.1 Å². The highest BCUT2D eigenvalue weighted by molar-refractivity contribution is 5.43. The van der Waals surface area contributed by atoms with Crippen molar-refractivity contribution < 1.29 is 4.74 Å². The van der Waals surface area contributed by atoms with Gasteiger partial charge < -0.3 is 10.1 Å². The van der Waals surface area contributed by atoms with Crippen molar-refractivity contribution >= 4 is 0 Å². The Morgan fingerprint density at radius 3 is 2.45 bits per heavy atom. The Morgan fingerprint density at radius 1 is 1.10 bits per heavy atom. The van der Waals surface area contributed by atoms with Gasteiger partial charge in [0.15, 0.2) is 0 Å². The Bertz CT molecular complexity index is 577. The molecule has 0 aliphatic rings. The molecular formula is C18H23NO. The van der Waals surface area contributed by atoms with E-state index in [1.54, 1.807) is 7.11 Å². The third kappa shape index (κ3) is 2.86. The van der Waals surface area contributed by atoms with E-state index in [0.717, 1.165) is 12.2 Å². The van der Waals surface area contributed by atoms with Crippen LogP contribution in [0.1, 0.15) is 35.2 Å². The molecule has 0 aliphatic heterocycles. The van der Waals surface area contributed by atoms with E-state index in [4.69, 9.17) is 4.74 Å². The molecule has 0 saturated carbocycles. The summed E-state index contributed by atoms with van der Waals surface area (Å²) in [5, 5.41) is 3.45. The highest BCUT2D eigenvalue weighted by Crippen LogP contribution is 2.29. The van der Waals surface area contributed by atoms with Gasteiger partial charge in [0, 0.05) is 0 Å². The minimum atomic E-state index is 0.219. The van der Waals surface area contributed by atoms with Crippen molar-refractivity contribution in [3.05, 3.63) is 64.7 Å². The van der Waals surface area contributed by atoms with Crippen LogP contribution in [0.3, 0.4) is 0 Å². The smallest absolute Gasteiger partial charge is 0.119 e. The first-order valence-corrected chi connectivity index (χ1v) is 7.10. The van der Waals surface area contributed by atoms with Crippen molar-refractivity contribution in [3.63, 3.8) is 0 Å². The summed E-state index contributed by atoms with van der Waals surface area (Å²) in [6.45, 7) is 4.34. The van der Waals surface area contributed by atoms with Gasteiger partial charge in [-0.3, -0.25) is 0 Å². The number of rotatable bonds is 5. The van der Waals surface area contributed by atoms with E-state index < -0.39 is 0 Å². The maximum atomic E-state index is 5.29. The third-order valence-corrected chi connectivity index (χ3v) is 3.82. The van der Waals surface area contributed by atoms with Crippen LogP contribution in [0, 0.1) is 6.92 Å².